The lowest BCUT2D eigenvalue weighted by Crippen LogP contribution is -2.36. The van der Waals surface area contributed by atoms with Gasteiger partial charge in [-0.2, -0.15) is 0 Å². The van der Waals surface area contributed by atoms with E-state index in [1.165, 1.54) is 11.1 Å². The van der Waals surface area contributed by atoms with Crippen LogP contribution in [0.4, 0.5) is 0 Å². The van der Waals surface area contributed by atoms with Gasteiger partial charge in [-0.1, -0.05) is 43.3 Å². The number of fused-ring (bicyclic) bond motifs is 1. The van der Waals surface area contributed by atoms with E-state index < -0.39 is 0 Å². The number of benzene rings is 2. The molecule has 0 unspecified atom stereocenters. The molecule has 2 aromatic carbocycles. The van der Waals surface area contributed by atoms with Gasteiger partial charge in [0, 0.05) is 18.0 Å². The Kier molecular flexibility index (Phi) is 4.30. The van der Waals surface area contributed by atoms with Gasteiger partial charge in [-0.15, -0.1) is 11.8 Å². The molecule has 108 valence electrons. The highest BCUT2D eigenvalue weighted by molar-refractivity contribution is 7.99. The van der Waals surface area contributed by atoms with Crippen LogP contribution in [-0.4, -0.2) is 23.1 Å². The van der Waals surface area contributed by atoms with Gasteiger partial charge in [0.25, 0.3) is 5.91 Å². The zero-order valence-electron chi connectivity index (χ0n) is 12.2. The molecule has 1 aliphatic heterocycles. The first kappa shape index (κ1) is 14.2. The third-order valence-corrected chi connectivity index (χ3v) is 4.79. The van der Waals surface area contributed by atoms with Gasteiger partial charge in [0.2, 0.25) is 0 Å². The van der Waals surface area contributed by atoms with Crippen molar-refractivity contribution >= 4 is 17.7 Å². The van der Waals surface area contributed by atoms with Gasteiger partial charge in [-0.3, -0.25) is 4.79 Å². The van der Waals surface area contributed by atoms with Crippen molar-refractivity contribution in [1.82, 2.24) is 4.90 Å². The predicted octanol–water partition coefficient (Wildman–Crippen LogP) is 4.00. The van der Waals surface area contributed by atoms with Crippen molar-refractivity contribution in [2.24, 2.45) is 0 Å². The molecular weight excluding hydrogens is 278 g/mol. The maximum Gasteiger partial charge on any atom is 0.255 e. The van der Waals surface area contributed by atoms with E-state index in [-0.39, 0.29) is 5.91 Å². The molecule has 0 spiro atoms. The van der Waals surface area contributed by atoms with E-state index in [0.29, 0.717) is 0 Å². The summed E-state index contributed by atoms with van der Waals surface area (Å²) in [5.74, 6) is 1.13. The molecule has 2 aromatic rings. The molecule has 1 amide bonds. The molecule has 0 fully saturated rings. The molecule has 0 aromatic heterocycles. The first-order valence-electron chi connectivity index (χ1n) is 7.37. The zero-order chi connectivity index (χ0) is 14.7. The average Bonchev–Trinajstić information content (AvgIpc) is 2.54. The number of amides is 1. The summed E-state index contributed by atoms with van der Waals surface area (Å²) in [7, 11) is 0. The lowest BCUT2D eigenvalue weighted by atomic mass is 9.99. The number of carbonyl (C=O) groups excluding carboxylic acids is 1. The normalized spacial score (nSPS) is 13.9. The molecular formula is C18H19NOS. The number of carbonyl (C=O) groups is 1. The maximum absolute atomic E-state index is 12.8. The van der Waals surface area contributed by atoms with Crippen molar-refractivity contribution in [2.75, 3.05) is 12.3 Å². The van der Waals surface area contributed by atoms with Crippen molar-refractivity contribution in [3.05, 3.63) is 65.2 Å². The Morgan fingerprint density at radius 2 is 1.81 bits per heavy atom. The maximum atomic E-state index is 12.8. The van der Waals surface area contributed by atoms with Crippen molar-refractivity contribution in [3.63, 3.8) is 0 Å². The summed E-state index contributed by atoms with van der Waals surface area (Å²) in [6, 6.07) is 16.3. The minimum absolute atomic E-state index is 0.154. The fourth-order valence-electron chi connectivity index (χ4n) is 2.76. The minimum atomic E-state index is 0.154. The molecule has 2 nitrogen and oxygen atoms in total. The minimum Gasteiger partial charge on any atom is -0.334 e. The Balaban J connectivity index is 1.84. The summed E-state index contributed by atoms with van der Waals surface area (Å²) in [5.41, 5.74) is 3.49. The highest BCUT2D eigenvalue weighted by Gasteiger charge is 2.23. The number of nitrogens with zero attached hydrogens (tertiary/aromatic N) is 1. The highest BCUT2D eigenvalue weighted by Crippen LogP contribution is 2.26. The number of rotatable bonds is 3. The highest BCUT2D eigenvalue weighted by atomic mass is 32.2. The Morgan fingerprint density at radius 1 is 1.10 bits per heavy atom. The topological polar surface area (TPSA) is 20.3 Å². The molecule has 0 bridgehead atoms. The van der Waals surface area contributed by atoms with Crippen LogP contribution >= 0.6 is 11.8 Å². The van der Waals surface area contributed by atoms with Gasteiger partial charge >= 0.3 is 0 Å². The van der Waals surface area contributed by atoms with Crippen molar-refractivity contribution in [1.29, 1.82) is 0 Å². The van der Waals surface area contributed by atoms with E-state index in [1.54, 1.807) is 11.8 Å². The second-order valence-electron chi connectivity index (χ2n) is 5.17. The van der Waals surface area contributed by atoms with Crippen LogP contribution in [0, 0.1) is 0 Å². The quantitative estimate of drug-likeness (QED) is 0.798. The molecule has 0 radical (unpaired) electrons. The Hall–Kier alpha value is -1.74. The van der Waals surface area contributed by atoms with E-state index in [0.717, 1.165) is 35.7 Å². The lowest BCUT2D eigenvalue weighted by Gasteiger charge is -2.29. The molecule has 3 rings (SSSR count). The number of hydrogen-bond donors (Lipinski definition) is 0. The molecule has 3 heteroatoms. The first-order chi connectivity index (χ1) is 10.3. The molecule has 1 aliphatic rings. The molecule has 0 saturated heterocycles. The van der Waals surface area contributed by atoms with Crippen LogP contribution in [-0.2, 0) is 13.0 Å². The van der Waals surface area contributed by atoms with Gasteiger partial charge in [0.05, 0.1) is 5.56 Å². The molecule has 0 atom stereocenters. The largest absolute Gasteiger partial charge is 0.334 e. The standard InChI is InChI=1S/C18H19NOS/c1-2-21-17-10-6-5-9-16(17)18(20)19-12-11-14-7-3-4-8-15(14)13-19/h3-10H,2,11-13H2,1H3. The second-order valence-corrected chi connectivity index (χ2v) is 6.48. The monoisotopic (exact) mass is 297 g/mol. The summed E-state index contributed by atoms with van der Waals surface area (Å²) >= 11 is 1.73. The fraction of sp³-hybridized carbons (Fsp3) is 0.278. The molecule has 0 aliphatic carbocycles. The van der Waals surface area contributed by atoms with E-state index in [4.69, 9.17) is 0 Å². The third-order valence-electron chi connectivity index (χ3n) is 3.84. The molecule has 1 heterocycles. The van der Waals surface area contributed by atoms with Crippen LogP contribution in [0.2, 0.25) is 0 Å². The van der Waals surface area contributed by atoms with Gasteiger partial charge in [0.15, 0.2) is 0 Å². The Morgan fingerprint density at radius 3 is 2.62 bits per heavy atom. The Bertz CT molecular complexity index is 653. The molecule has 0 N–H and O–H groups in total. The number of thioether (sulfide) groups is 1. The Labute approximate surface area is 130 Å². The third kappa shape index (κ3) is 2.98. The van der Waals surface area contributed by atoms with Gasteiger partial charge in [0.1, 0.15) is 0 Å². The van der Waals surface area contributed by atoms with Crippen LogP contribution in [0.1, 0.15) is 28.4 Å². The van der Waals surface area contributed by atoms with E-state index >= 15 is 0 Å². The predicted molar refractivity (Wildman–Crippen MR) is 87.7 cm³/mol. The van der Waals surface area contributed by atoms with Crippen molar-refractivity contribution in [3.8, 4) is 0 Å². The van der Waals surface area contributed by atoms with Crippen LogP contribution in [0.25, 0.3) is 0 Å². The van der Waals surface area contributed by atoms with Crippen molar-refractivity contribution in [2.45, 2.75) is 24.8 Å². The fourth-order valence-corrected chi connectivity index (χ4v) is 3.56. The number of hydrogen-bond acceptors (Lipinski definition) is 2. The van der Waals surface area contributed by atoms with Crippen LogP contribution in [0.3, 0.4) is 0 Å². The van der Waals surface area contributed by atoms with Crippen LogP contribution < -0.4 is 0 Å². The van der Waals surface area contributed by atoms with Gasteiger partial charge in [-0.05, 0) is 35.4 Å². The zero-order valence-corrected chi connectivity index (χ0v) is 13.0. The summed E-state index contributed by atoms with van der Waals surface area (Å²) < 4.78 is 0. The van der Waals surface area contributed by atoms with Gasteiger partial charge in [-0.25, -0.2) is 0 Å². The average molecular weight is 297 g/mol. The smallest absolute Gasteiger partial charge is 0.255 e. The lowest BCUT2D eigenvalue weighted by molar-refractivity contribution is 0.0731. The summed E-state index contributed by atoms with van der Waals surface area (Å²) in [6.07, 6.45) is 0.949. The summed E-state index contributed by atoms with van der Waals surface area (Å²) in [5, 5.41) is 0. The molecule has 21 heavy (non-hydrogen) atoms. The van der Waals surface area contributed by atoms with E-state index in [9.17, 15) is 4.79 Å². The van der Waals surface area contributed by atoms with E-state index in [1.807, 2.05) is 35.2 Å². The van der Waals surface area contributed by atoms with Gasteiger partial charge < -0.3 is 4.90 Å². The van der Waals surface area contributed by atoms with Crippen LogP contribution in [0.5, 0.6) is 0 Å². The second kappa shape index (κ2) is 6.35. The van der Waals surface area contributed by atoms with Crippen LogP contribution in [0.15, 0.2) is 53.4 Å². The first-order valence-corrected chi connectivity index (χ1v) is 8.36. The summed E-state index contributed by atoms with van der Waals surface area (Å²) in [6.45, 7) is 3.64. The summed E-state index contributed by atoms with van der Waals surface area (Å²) in [4.78, 5) is 15.9. The SMILES string of the molecule is CCSc1ccccc1C(=O)N1CCc2ccccc2C1. The van der Waals surface area contributed by atoms with Crippen molar-refractivity contribution < 1.29 is 4.79 Å². The van der Waals surface area contributed by atoms with E-state index in [2.05, 4.69) is 25.1 Å². The molecule has 0 saturated carbocycles.